The van der Waals surface area contributed by atoms with E-state index in [0.717, 1.165) is 17.2 Å². The van der Waals surface area contributed by atoms with Gasteiger partial charge in [-0.05, 0) is 49.2 Å². The van der Waals surface area contributed by atoms with E-state index in [1.54, 1.807) is 12.1 Å². The maximum Gasteiger partial charge on any atom is 0.501 e. The van der Waals surface area contributed by atoms with Gasteiger partial charge in [0.1, 0.15) is 0 Å². The van der Waals surface area contributed by atoms with Gasteiger partial charge in [-0.3, -0.25) is 0 Å². The molecule has 1 saturated heterocycles. The van der Waals surface area contributed by atoms with E-state index in [2.05, 4.69) is 0 Å². The summed E-state index contributed by atoms with van der Waals surface area (Å²) in [5.74, 6) is 0. The van der Waals surface area contributed by atoms with E-state index in [1.165, 1.54) is 33.5 Å². The summed E-state index contributed by atoms with van der Waals surface area (Å²) in [6.45, 7) is 3.86. The smallest absolute Gasteiger partial charge is 0.368 e. The van der Waals surface area contributed by atoms with Gasteiger partial charge in [0.2, 0.25) is 10.0 Å². The summed E-state index contributed by atoms with van der Waals surface area (Å²) in [5, 5.41) is 0. The highest BCUT2D eigenvalue weighted by molar-refractivity contribution is 7.92. The minimum atomic E-state index is -5.52. The Kier molecular flexibility index (Phi) is 5.91. The summed E-state index contributed by atoms with van der Waals surface area (Å²) in [6.07, 6.45) is 0. The zero-order chi connectivity index (χ0) is 22.3. The van der Waals surface area contributed by atoms with Crippen LogP contribution < -0.4 is 4.90 Å². The van der Waals surface area contributed by atoms with Crippen molar-refractivity contribution in [3.8, 4) is 0 Å². The number of piperazine rings is 1. The molecular formula is C19H21F3N2O4S2. The Labute approximate surface area is 173 Å². The molecule has 2 aromatic rings. The summed E-state index contributed by atoms with van der Waals surface area (Å²) >= 11 is 0. The third-order valence-electron chi connectivity index (χ3n) is 5.15. The molecule has 0 spiro atoms. The molecule has 0 unspecified atom stereocenters. The molecule has 0 saturated carbocycles. The van der Waals surface area contributed by atoms with Crippen LogP contribution in [0.2, 0.25) is 0 Å². The lowest BCUT2D eigenvalue weighted by Gasteiger charge is -2.36. The third-order valence-corrected chi connectivity index (χ3v) is 8.58. The molecule has 1 aliphatic rings. The number of hydrogen-bond acceptors (Lipinski definition) is 5. The van der Waals surface area contributed by atoms with Crippen LogP contribution in [0.15, 0.2) is 52.3 Å². The number of nitrogens with zero attached hydrogens (tertiary/aromatic N) is 2. The number of halogens is 3. The van der Waals surface area contributed by atoms with Crippen molar-refractivity contribution in [3.05, 3.63) is 53.6 Å². The summed E-state index contributed by atoms with van der Waals surface area (Å²) < 4.78 is 90.1. The number of aryl methyl sites for hydroxylation is 2. The molecular weight excluding hydrogens is 441 g/mol. The molecule has 0 atom stereocenters. The summed E-state index contributed by atoms with van der Waals surface area (Å²) in [5.41, 5.74) is -3.71. The van der Waals surface area contributed by atoms with Gasteiger partial charge in [0.15, 0.2) is 0 Å². The van der Waals surface area contributed by atoms with Crippen molar-refractivity contribution in [2.75, 3.05) is 31.1 Å². The fourth-order valence-corrected chi connectivity index (χ4v) is 5.75. The van der Waals surface area contributed by atoms with E-state index in [9.17, 15) is 30.0 Å². The normalized spacial score (nSPS) is 16.6. The quantitative estimate of drug-likeness (QED) is 0.698. The van der Waals surface area contributed by atoms with E-state index in [-0.39, 0.29) is 36.8 Å². The molecule has 0 radical (unpaired) electrons. The number of sulfone groups is 1. The number of alkyl halides is 3. The molecule has 1 aliphatic heterocycles. The monoisotopic (exact) mass is 462 g/mol. The highest BCUT2D eigenvalue weighted by atomic mass is 32.2. The van der Waals surface area contributed by atoms with Gasteiger partial charge >= 0.3 is 5.51 Å². The molecule has 11 heteroatoms. The second-order valence-electron chi connectivity index (χ2n) is 7.05. The van der Waals surface area contributed by atoms with Crippen LogP contribution in [0.3, 0.4) is 0 Å². The Hall–Kier alpha value is -2.11. The van der Waals surface area contributed by atoms with Gasteiger partial charge in [-0.1, -0.05) is 18.2 Å². The molecule has 0 aliphatic carbocycles. The van der Waals surface area contributed by atoms with Crippen molar-refractivity contribution < 1.29 is 30.0 Å². The van der Waals surface area contributed by atoms with Gasteiger partial charge in [-0.25, -0.2) is 16.8 Å². The molecule has 3 rings (SSSR count). The Morgan fingerprint density at radius 3 is 2.00 bits per heavy atom. The Balaban J connectivity index is 1.84. The number of anilines is 1. The second kappa shape index (κ2) is 7.86. The van der Waals surface area contributed by atoms with Crippen molar-refractivity contribution in [2.45, 2.75) is 29.1 Å². The molecule has 30 heavy (non-hydrogen) atoms. The van der Waals surface area contributed by atoms with Gasteiger partial charge in [0.05, 0.1) is 15.5 Å². The number of hydrogen-bond donors (Lipinski definition) is 0. The first-order valence-electron chi connectivity index (χ1n) is 9.08. The van der Waals surface area contributed by atoms with Crippen molar-refractivity contribution in [1.29, 1.82) is 0 Å². The number of sulfonamides is 1. The standard InChI is InChI=1S/C19H21F3N2O4S2/c1-14-7-8-16(13-15(14)2)30(27,28)24-11-9-23(10-12-24)17-5-3-4-6-18(17)29(25,26)19(20,21)22/h3-8,13H,9-12H2,1-2H3. The molecule has 164 valence electrons. The Morgan fingerprint density at radius 1 is 0.833 bits per heavy atom. The van der Waals surface area contributed by atoms with E-state index in [1.807, 2.05) is 13.8 Å². The van der Waals surface area contributed by atoms with Crippen LogP contribution in [-0.4, -0.2) is 52.8 Å². The topological polar surface area (TPSA) is 74.8 Å². The summed E-state index contributed by atoms with van der Waals surface area (Å²) in [6, 6.07) is 9.71. The number of para-hydroxylation sites is 1. The molecule has 1 fully saturated rings. The van der Waals surface area contributed by atoms with Crippen LogP contribution >= 0.6 is 0 Å². The molecule has 0 N–H and O–H groups in total. The number of benzene rings is 2. The van der Waals surface area contributed by atoms with E-state index < -0.39 is 30.3 Å². The van der Waals surface area contributed by atoms with Crippen LogP contribution in [0.25, 0.3) is 0 Å². The Morgan fingerprint density at radius 2 is 1.43 bits per heavy atom. The minimum Gasteiger partial charge on any atom is -0.368 e. The molecule has 0 amide bonds. The maximum absolute atomic E-state index is 13.0. The molecule has 0 bridgehead atoms. The van der Waals surface area contributed by atoms with Crippen molar-refractivity contribution in [3.63, 3.8) is 0 Å². The predicted octanol–water partition coefficient (Wildman–Crippen LogP) is 3.11. The van der Waals surface area contributed by atoms with Crippen LogP contribution in [0.4, 0.5) is 18.9 Å². The van der Waals surface area contributed by atoms with Gasteiger partial charge in [0.25, 0.3) is 9.84 Å². The average molecular weight is 463 g/mol. The van der Waals surface area contributed by atoms with Gasteiger partial charge < -0.3 is 4.90 Å². The highest BCUT2D eigenvalue weighted by Crippen LogP contribution is 2.36. The fraction of sp³-hybridized carbons (Fsp3) is 0.368. The summed E-state index contributed by atoms with van der Waals surface area (Å²) in [4.78, 5) is 0.785. The zero-order valence-corrected chi connectivity index (χ0v) is 18.0. The van der Waals surface area contributed by atoms with Gasteiger partial charge in [0, 0.05) is 26.2 Å². The van der Waals surface area contributed by atoms with E-state index in [4.69, 9.17) is 0 Å². The van der Waals surface area contributed by atoms with Crippen LogP contribution in [0.5, 0.6) is 0 Å². The second-order valence-corrected chi connectivity index (χ2v) is 10.9. The first kappa shape index (κ1) is 22.6. The molecule has 2 aromatic carbocycles. The van der Waals surface area contributed by atoms with Crippen molar-refractivity contribution >= 4 is 25.5 Å². The Bertz CT molecular complexity index is 1150. The fourth-order valence-electron chi connectivity index (χ4n) is 3.26. The summed E-state index contributed by atoms with van der Waals surface area (Å²) in [7, 11) is -9.28. The van der Waals surface area contributed by atoms with E-state index in [0.29, 0.717) is 0 Å². The first-order valence-corrected chi connectivity index (χ1v) is 12.0. The zero-order valence-electron chi connectivity index (χ0n) is 16.3. The van der Waals surface area contributed by atoms with Gasteiger partial charge in [-0.15, -0.1) is 0 Å². The van der Waals surface area contributed by atoms with Crippen molar-refractivity contribution in [2.24, 2.45) is 0 Å². The van der Waals surface area contributed by atoms with Crippen LogP contribution in [-0.2, 0) is 19.9 Å². The number of rotatable bonds is 4. The minimum absolute atomic E-state index is 0.0235. The van der Waals surface area contributed by atoms with Crippen molar-refractivity contribution in [1.82, 2.24) is 4.31 Å². The third kappa shape index (κ3) is 4.06. The lowest BCUT2D eigenvalue weighted by atomic mass is 10.1. The largest absolute Gasteiger partial charge is 0.501 e. The molecule has 6 nitrogen and oxygen atoms in total. The lowest BCUT2D eigenvalue weighted by Crippen LogP contribution is -2.49. The van der Waals surface area contributed by atoms with Crippen LogP contribution in [0.1, 0.15) is 11.1 Å². The molecule has 1 heterocycles. The highest BCUT2D eigenvalue weighted by Gasteiger charge is 2.48. The SMILES string of the molecule is Cc1ccc(S(=O)(=O)N2CCN(c3ccccc3S(=O)(=O)C(F)(F)F)CC2)cc1C. The van der Waals surface area contributed by atoms with Crippen LogP contribution in [0, 0.1) is 13.8 Å². The lowest BCUT2D eigenvalue weighted by molar-refractivity contribution is -0.0435. The maximum atomic E-state index is 13.0. The average Bonchev–Trinajstić information content (AvgIpc) is 2.69. The van der Waals surface area contributed by atoms with E-state index >= 15 is 0 Å². The molecule has 0 aromatic heterocycles. The van der Waals surface area contributed by atoms with Gasteiger partial charge in [-0.2, -0.15) is 17.5 Å². The first-order chi connectivity index (χ1) is 13.9. The predicted molar refractivity (Wildman–Crippen MR) is 107 cm³/mol.